The number of thioether (sulfide) groups is 1. The normalized spacial score (nSPS) is 11.6. The first kappa shape index (κ1) is 8.93. The molecule has 0 saturated carbocycles. The van der Waals surface area contributed by atoms with E-state index < -0.39 is 5.97 Å². The Morgan fingerprint density at radius 3 is 3.00 bits per heavy atom. The van der Waals surface area contributed by atoms with E-state index in [0.29, 0.717) is 0 Å². The molecule has 0 amide bonds. The van der Waals surface area contributed by atoms with Crippen molar-refractivity contribution in [1.29, 1.82) is 0 Å². The molecule has 0 aliphatic rings. The van der Waals surface area contributed by atoms with Gasteiger partial charge in [-0.1, -0.05) is 11.8 Å². The summed E-state index contributed by atoms with van der Waals surface area (Å²) in [7, 11) is 0. The van der Waals surface area contributed by atoms with Crippen LogP contribution in [-0.4, -0.2) is 11.1 Å². The van der Waals surface area contributed by atoms with E-state index in [1.54, 1.807) is 25.5 Å². The number of furan rings is 1. The fraction of sp³-hybridized carbons (Fsp3) is 0.125. The van der Waals surface area contributed by atoms with Crippen LogP contribution in [0.2, 0.25) is 0 Å². The summed E-state index contributed by atoms with van der Waals surface area (Å²) in [6.07, 6.45) is 4.29. The van der Waals surface area contributed by atoms with Gasteiger partial charge in [-0.15, -0.1) is 0 Å². The van der Waals surface area contributed by atoms with Crippen LogP contribution in [0.3, 0.4) is 0 Å². The minimum absolute atomic E-state index is 0.726. The molecule has 0 radical (unpaired) electrons. The number of carbonyl (C=O) groups is 1. The second-order valence-corrected chi connectivity index (χ2v) is 3.47. The van der Waals surface area contributed by atoms with Crippen molar-refractivity contribution in [2.75, 3.05) is 0 Å². The first-order valence-corrected chi connectivity index (χ1v) is 4.11. The molecular formula is C8H8O3S. The van der Waals surface area contributed by atoms with Gasteiger partial charge in [0.25, 0.3) is 0 Å². The maximum atomic E-state index is 10.2. The van der Waals surface area contributed by atoms with Crippen molar-refractivity contribution in [1.82, 2.24) is 0 Å². The van der Waals surface area contributed by atoms with E-state index in [-0.39, 0.29) is 0 Å². The Morgan fingerprint density at radius 2 is 2.50 bits per heavy atom. The Bertz CT molecular complexity index is 287. The molecule has 0 fully saturated rings. The van der Waals surface area contributed by atoms with E-state index in [1.165, 1.54) is 11.8 Å². The fourth-order valence-corrected chi connectivity index (χ4v) is 1.46. The van der Waals surface area contributed by atoms with Gasteiger partial charge in [0.2, 0.25) is 0 Å². The van der Waals surface area contributed by atoms with Crippen molar-refractivity contribution in [3.8, 4) is 0 Å². The second-order valence-electron chi connectivity index (χ2n) is 2.15. The molecule has 4 heteroatoms. The van der Waals surface area contributed by atoms with Crippen LogP contribution in [0.15, 0.2) is 38.9 Å². The Balaban J connectivity index is 2.58. The maximum Gasteiger partial charge on any atom is 0.329 e. The smallest absolute Gasteiger partial charge is 0.329 e. The van der Waals surface area contributed by atoms with Gasteiger partial charge >= 0.3 is 5.97 Å². The monoisotopic (exact) mass is 184 g/mol. The van der Waals surface area contributed by atoms with Gasteiger partial charge in [-0.25, -0.2) is 4.79 Å². The van der Waals surface area contributed by atoms with E-state index in [4.69, 9.17) is 9.52 Å². The lowest BCUT2D eigenvalue weighted by atomic mass is 10.5. The second kappa shape index (κ2) is 4.01. The predicted molar refractivity (Wildman–Crippen MR) is 46.0 cm³/mol. The van der Waals surface area contributed by atoms with Crippen LogP contribution in [0, 0.1) is 0 Å². The highest BCUT2D eigenvalue weighted by Crippen LogP contribution is 2.25. The number of hydrogen-bond donors (Lipinski definition) is 1. The zero-order valence-corrected chi connectivity index (χ0v) is 7.30. The average Bonchev–Trinajstić information content (AvgIpc) is 2.37. The molecule has 0 aliphatic carbocycles. The predicted octanol–water partition coefficient (Wildman–Crippen LogP) is 2.36. The summed E-state index contributed by atoms with van der Waals surface area (Å²) in [4.78, 5) is 11.9. The van der Waals surface area contributed by atoms with Crippen molar-refractivity contribution >= 4 is 17.7 Å². The van der Waals surface area contributed by atoms with E-state index in [0.717, 1.165) is 15.9 Å². The fourth-order valence-electron chi connectivity index (χ4n) is 0.699. The summed E-state index contributed by atoms with van der Waals surface area (Å²) in [5, 5.41) is 8.40. The standard InChI is InChI=1S/C8H8O3S/c1-6(4-8(9)10)12-7-2-3-11-5-7/h2-5H,1H3,(H,9,10). The lowest BCUT2D eigenvalue weighted by Gasteiger charge is -1.93. The van der Waals surface area contributed by atoms with Gasteiger partial charge in [0.1, 0.15) is 6.26 Å². The summed E-state index contributed by atoms with van der Waals surface area (Å²) in [5.74, 6) is -0.927. The lowest BCUT2D eigenvalue weighted by Crippen LogP contribution is -1.87. The number of aliphatic carboxylic acids is 1. The lowest BCUT2D eigenvalue weighted by molar-refractivity contribution is -0.131. The summed E-state index contributed by atoms with van der Waals surface area (Å²) in [5.41, 5.74) is 0. The van der Waals surface area contributed by atoms with Crippen LogP contribution in [0.5, 0.6) is 0 Å². The number of allylic oxidation sites excluding steroid dienone is 1. The Hall–Kier alpha value is -1.16. The molecular weight excluding hydrogens is 176 g/mol. The summed E-state index contributed by atoms with van der Waals surface area (Å²) in [6.45, 7) is 1.74. The minimum atomic E-state index is -0.927. The molecule has 1 heterocycles. The largest absolute Gasteiger partial charge is 0.478 e. The van der Waals surface area contributed by atoms with E-state index in [9.17, 15) is 4.79 Å². The molecule has 1 aromatic heterocycles. The first-order chi connectivity index (χ1) is 5.68. The van der Waals surface area contributed by atoms with E-state index in [1.807, 2.05) is 0 Å². The van der Waals surface area contributed by atoms with Crippen LogP contribution in [0.4, 0.5) is 0 Å². The van der Waals surface area contributed by atoms with Crippen molar-refractivity contribution < 1.29 is 14.3 Å². The van der Waals surface area contributed by atoms with Gasteiger partial charge < -0.3 is 9.52 Å². The van der Waals surface area contributed by atoms with Crippen molar-refractivity contribution in [3.63, 3.8) is 0 Å². The zero-order chi connectivity index (χ0) is 8.97. The Kier molecular flexibility index (Phi) is 2.99. The highest BCUT2D eigenvalue weighted by molar-refractivity contribution is 8.03. The van der Waals surface area contributed by atoms with Gasteiger partial charge in [-0.3, -0.25) is 0 Å². The molecule has 0 bridgehead atoms. The quantitative estimate of drug-likeness (QED) is 0.578. The molecule has 64 valence electrons. The molecule has 0 atom stereocenters. The Labute approximate surface area is 74.1 Å². The topological polar surface area (TPSA) is 50.4 Å². The maximum absolute atomic E-state index is 10.2. The molecule has 12 heavy (non-hydrogen) atoms. The molecule has 1 N–H and O–H groups in total. The first-order valence-electron chi connectivity index (χ1n) is 3.30. The molecule has 1 aromatic rings. The third kappa shape index (κ3) is 2.84. The van der Waals surface area contributed by atoms with Crippen molar-refractivity contribution in [2.45, 2.75) is 11.8 Å². The van der Waals surface area contributed by atoms with E-state index in [2.05, 4.69) is 0 Å². The zero-order valence-electron chi connectivity index (χ0n) is 6.48. The molecule has 0 unspecified atom stereocenters. The molecule has 1 rings (SSSR count). The van der Waals surface area contributed by atoms with Gasteiger partial charge in [0.05, 0.1) is 11.2 Å². The number of carboxylic acids is 1. The third-order valence-electron chi connectivity index (χ3n) is 1.10. The third-order valence-corrected chi connectivity index (χ3v) is 2.01. The van der Waals surface area contributed by atoms with Crippen LogP contribution in [0.1, 0.15) is 6.92 Å². The molecule has 3 nitrogen and oxygen atoms in total. The highest BCUT2D eigenvalue weighted by atomic mass is 32.2. The average molecular weight is 184 g/mol. The van der Waals surface area contributed by atoms with Crippen molar-refractivity contribution in [3.05, 3.63) is 29.6 Å². The Morgan fingerprint density at radius 1 is 1.75 bits per heavy atom. The summed E-state index contributed by atoms with van der Waals surface area (Å²) >= 11 is 1.37. The molecule has 0 aliphatic heterocycles. The van der Waals surface area contributed by atoms with Crippen molar-refractivity contribution in [2.24, 2.45) is 0 Å². The van der Waals surface area contributed by atoms with Gasteiger partial charge in [0.15, 0.2) is 0 Å². The number of carboxylic acid groups (broad SMARTS) is 1. The highest BCUT2D eigenvalue weighted by Gasteiger charge is 1.98. The van der Waals surface area contributed by atoms with Gasteiger partial charge in [0, 0.05) is 6.08 Å². The molecule has 0 aromatic carbocycles. The van der Waals surface area contributed by atoms with Gasteiger partial charge in [-0.2, -0.15) is 0 Å². The number of rotatable bonds is 3. The van der Waals surface area contributed by atoms with Crippen LogP contribution >= 0.6 is 11.8 Å². The number of hydrogen-bond acceptors (Lipinski definition) is 3. The minimum Gasteiger partial charge on any atom is -0.478 e. The SMILES string of the molecule is CC(=CC(=O)O)Sc1ccoc1. The van der Waals surface area contributed by atoms with Crippen LogP contribution in [0.25, 0.3) is 0 Å². The van der Waals surface area contributed by atoms with E-state index >= 15 is 0 Å². The van der Waals surface area contributed by atoms with Crippen LogP contribution < -0.4 is 0 Å². The van der Waals surface area contributed by atoms with Crippen LogP contribution in [-0.2, 0) is 4.79 Å². The summed E-state index contributed by atoms with van der Waals surface area (Å²) in [6, 6.07) is 1.78. The molecule has 0 saturated heterocycles. The molecule has 0 spiro atoms. The van der Waals surface area contributed by atoms with Gasteiger partial charge in [-0.05, 0) is 17.9 Å². The summed E-state index contributed by atoms with van der Waals surface area (Å²) < 4.78 is 4.82.